The summed E-state index contributed by atoms with van der Waals surface area (Å²) in [6.07, 6.45) is 2.06. The number of piperidine rings is 3. The van der Waals surface area contributed by atoms with Crippen LogP contribution in [0.2, 0.25) is 0 Å². The van der Waals surface area contributed by atoms with E-state index in [9.17, 15) is 4.79 Å². The van der Waals surface area contributed by atoms with E-state index in [1.807, 2.05) is 78.9 Å². The number of carbonyl (C=O) groups is 1. The normalized spacial score (nSPS) is 24.7. The molecule has 0 radical (unpaired) electrons. The lowest BCUT2D eigenvalue weighted by Gasteiger charge is -2.52. The molecule has 3 N–H and O–H groups in total. The summed E-state index contributed by atoms with van der Waals surface area (Å²) in [4.78, 5) is 18.0. The largest absolute Gasteiger partial charge is 0.454 e. The highest BCUT2D eigenvalue weighted by atomic mass is 16.5. The zero-order valence-electron chi connectivity index (χ0n) is 18.8. The molecule has 33 heavy (non-hydrogen) atoms. The Balaban J connectivity index is 1.33. The zero-order chi connectivity index (χ0) is 22.7. The number of para-hydroxylation sites is 1. The van der Waals surface area contributed by atoms with Crippen molar-refractivity contribution in [3.8, 4) is 0 Å². The van der Waals surface area contributed by atoms with Crippen LogP contribution in [0.1, 0.15) is 30.1 Å². The average Bonchev–Trinajstić information content (AvgIpc) is 2.84. The molecule has 6 nitrogen and oxygen atoms in total. The lowest BCUT2D eigenvalue weighted by Crippen LogP contribution is -2.64. The van der Waals surface area contributed by atoms with Gasteiger partial charge < -0.3 is 20.3 Å². The van der Waals surface area contributed by atoms with Crippen LogP contribution in [0.5, 0.6) is 0 Å². The molecule has 3 aromatic rings. The average molecular weight is 444 g/mol. The number of hydrogen-bond acceptors (Lipinski definition) is 5. The Labute approximate surface area is 195 Å². The van der Waals surface area contributed by atoms with Crippen molar-refractivity contribution >= 4 is 17.5 Å². The fourth-order valence-electron chi connectivity index (χ4n) is 5.35. The highest BCUT2D eigenvalue weighted by Crippen LogP contribution is 2.37. The maximum absolute atomic E-state index is 13.5. The van der Waals surface area contributed by atoms with Crippen molar-refractivity contribution < 1.29 is 14.0 Å². The van der Waals surface area contributed by atoms with E-state index in [1.54, 1.807) is 0 Å². The van der Waals surface area contributed by atoms with E-state index in [1.165, 1.54) is 0 Å². The van der Waals surface area contributed by atoms with Gasteiger partial charge in [0, 0.05) is 24.4 Å². The Bertz CT molecular complexity index is 1080. The van der Waals surface area contributed by atoms with Crippen LogP contribution in [0.3, 0.4) is 0 Å². The molecule has 0 aliphatic carbocycles. The predicted octanol–water partition coefficient (Wildman–Crippen LogP) is 4.17. The number of hydrogen-bond donors (Lipinski definition) is 2. The van der Waals surface area contributed by atoms with E-state index < -0.39 is 6.04 Å². The van der Waals surface area contributed by atoms with Crippen LogP contribution in [0.15, 0.2) is 78.9 Å². The van der Waals surface area contributed by atoms with Gasteiger partial charge in [0.05, 0.1) is 18.8 Å². The van der Waals surface area contributed by atoms with Gasteiger partial charge in [0.15, 0.2) is 12.1 Å². The van der Waals surface area contributed by atoms with Crippen LogP contribution in [0.4, 0.5) is 11.5 Å². The summed E-state index contributed by atoms with van der Waals surface area (Å²) in [5.41, 5.74) is 8.72. The second-order valence-electron chi connectivity index (χ2n) is 9.35. The van der Waals surface area contributed by atoms with Crippen LogP contribution in [0, 0.1) is 5.92 Å². The highest BCUT2D eigenvalue weighted by Gasteiger charge is 2.48. The minimum Gasteiger partial charge on any atom is -0.454 e. The molecule has 1 unspecified atom stereocenters. The maximum atomic E-state index is 13.5. The molecule has 2 atom stereocenters. The number of nitrogen functional groups attached to an aromatic ring is 1. The Kier molecular flexibility index (Phi) is 6.01. The minimum atomic E-state index is -0.548. The molecule has 0 saturated carbocycles. The van der Waals surface area contributed by atoms with Crippen molar-refractivity contribution in [1.29, 1.82) is 0 Å². The summed E-state index contributed by atoms with van der Waals surface area (Å²) in [6, 6.07) is 24.9. The summed E-state index contributed by atoms with van der Waals surface area (Å²) in [6.45, 7) is 3.86. The first-order valence-corrected chi connectivity index (χ1v) is 11.7. The fourth-order valence-corrected chi connectivity index (χ4v) is 5.35. The number of benzene rings is 2. The Morgan fingerprint density at radius 2 is 1.70 bits per heavy atom. The first kappa shape index (κ1) is 21.5. The Hall–Kier alpha value is -3.38. The topological polar surface area (TPSA) is 77.2 Å². The molecule has 4 heterocycles. The molecule has 6 rings (SSSR count). The summed E-state index contributed by atoms with van der Waals surface area (Å²) in [5.74, 6) is 0.762. The number of quaternary nitrogens is 1. The van der Waals surface area contributed by atoms with Crippen molar-refractivity contribution in [2.75, 3.05) is 30.7 Å². The molecule has 0 spiro atoms. The lowest BCUT2D eigenvalue weighted by molar-refractivity contribution is -0.958. The molecule has 0 amide bonds. The van der Waals surface area contributed by atoms with Crippen LogP contribution < -0.4 is 11.1 Å². The number of fused-ring (bicyclic) bond motifs is 3. The molecular weight excluding hydrogens is 412 g/mol. The van der Waals surface area contributed by atoms with Gasteiger partial charge >= 0.3 is 5.97 Å². The minimum absolute atomic E-state index is 0.0788. The van der Waals surface area contributed by atoms with Gasteiger partial charge in [0.1, 0.15) is 18.9 Å². The summed E-state index contributed by atoms with van der Waals surface area (Å²) in [7, 11) is 0. The van der Waals surface area contributed by atoms with E-state index in [-0.39, 0.29) is 12.1 Å². The second kappa shape index (κ2) is 9.24. The Morgan fingerprint density at radius 1 is 1.00 bits per heavy atom. The number of nitrogens with one attached hydrogen (secondary N) is 1. The second-order valence-corrected chi connectivity index (χ2v) is 9.35. The third kappa shape index (κ3) is 4.86. The van der Waals surface area contributed by atoms with E-state index in [0.717, 1.165) is 60.4 Å². The molecule has 1 aromatic heterocycles. The molecular formula is C27H31N4O2+. The van der Waals surface area contributed by atoms with Crippen LogP contribution in [-0.2, 0) is 16.1 Å². The van der Waals surface area contributed by atoms with Gasteiger partial charge in [-0.3, -0.25) is 0 Å². The first-order valence-electron chi connectivity index (χ1n) is 11.7. The van der Waals surface area contributed by atoms with Crippen LogP contribution in [0.25, 0.3) is 0 Å². The quantitative estimate of drug-likeness (QED) is 0.423. The molecule has 170 valence electrons. The molecule has 3 aliphatic heterocycles. The lowest BCUT2D eigenvalue weighted by atomic mass is 9.83. The van der Waals surface area contributed by atoms with Gasteiger partial charge in [0.25, 0.3) is 0 Å². The van der Waals surface area contributed by atoms with Gasteiger partial charge in [-0.1, -0.05) is 54.6 Å². The van der Waals surface area contributed by atoms with Gasteiger partial charge in [-0.05, 0) is 29.8 Å². The Morgan fingerprint density at radius 3 is 2.39 bits per heavy atom. The molecule has 3 saturated heterocycles. The number of nitrogens with zero attached hydrogens (tertiary/aromatic N) is 2. The maximum Gasteiger partial charge on any atom is 0.333 e. The third-order valence-electron chi connectivity index (χ3n) is 7.09. The van der Waals surface area contributed by atoms with Crippen molar-refractivity contribution in [3.05, 3.63) is 90.1 Å². The number of nitrogens with two attached hydrogens (primary N) is 1. The van der Waals surface area contributed by atoms with Crippen molar-refractivity contribution in [2.45, 2.75) is 31.5 Å². The van der Waals surface area contributed by atoms with Gasteiger partial charge in [-0.2, -0.15) is 0 Å². The smallest absolute Gasteiger partial charge is 0.333 e. The molecule has 2 bridgehead atoms. The van der Waals surface area contributed by atoms with Crippen LogP contribution in [-0.4, -0.2) is 41.2 Å². The van der Waals surface area contributed by atoms with Gasteiger partial charge in [-0.25, -0.2) is 9.78 Å². The number of aromatic nitrogens is 1. The van der Waals surface area contributed by atoms with E-state index in [4.69, 9.17) is 10.5 Å². The molecule has 6 heteroatoms. The predicted molar refractivity (Wildman–Crippen MR) is 129 cm³/mol. The monoisotopic (exact) mass is 443 g/mol. The standard InChI is InChI=1S/C27H31N4O2/c28-25-13-7-12-23(29-25)18-31-16-14-20(15-17-31)24(19-31)33-27(32)26(21-8-3-1-4-9-21)30-22-10-5-2-6-11-22/h1-13,20,24,26,30H,14-19H2,(H2,28,29)/q+1/t20?,24-,26?,31?/m0/s1. The van der Waals surface area contributed by atoms with Crippen molar-refractivity contribution in [3.63, 3.8) is 0 Å². The molecule has 3 aliphatic rings. The number of carbonyl (C=O) groups excluding carboxylic acids is 1. The number of rotatable bonds is 7. The molecule has 3 fully saturated rings. The highest BCUT2D eigenvalue weighted by molar-refractivity contribution is 5.81. The number of ether oxygens (including phenoxy) is 1. The summed E-state index contributed by atoms with van der Waals surface area (Å²) in [5, 5.41) is 3.38. The van der Waals surface area contributed by atoms with Gasteiger partial charge in [-0.15, -0.1) is 0 Å². The first-order chi connectivity index (χ1) is 16.1. The SMILES string of the molecule is Nc1cccc(C[N+]23CCC(CC2)[C@@H](OC(=O)C(Nc2ccccc2)c2ccccc2)C3)n1. The fraction of sp³-hybridized carbons (Fsp3) is 0.333. The van der Waals surface area contributed by atoms with Gasteiger partial charge in [0.2, 0.25) is 0 Å². The zero-order valence-corrected chi connectivity index (χ0v) is 18.8. The van der Waals surface area contributed by atoms with Crippen molar-refractivity contribution in [2.24, 2.45) is 5.92 Å². The van der Waals surface area contributed by atoms with E-state index >= 15 is 0 Å². The van der Waals surface area contributed by atoms with E-state index in [0.29, 0.717) is 11.7 Å². The summed E-state index contributed by atoms with van der Waals surface area (Å²) < 4.78 is 7.15. The third-order valence-corrected chi connectivity index (χ3v) is 7.09. The number of esters is 1. The summed E-state index contributed by atoms with van der Waals surface area (Å²) >= 11 is 0. The van der Waals surface area contributed by atoms with E-state index in [2.05, 4.69) is 10.3 Å². The number of pyridine rings is 1. The number of anilines is 2. The molecule has 2 aromatic carbocycles. The van der Waals surface area contributed by atoms with Crippen molar-refractivity contribution in [1.82, 2.24) is 4.98 Å². The van der Waals surface area contributed by atoms with Crippen LogP contribution >= 0.6 is 0 Å².